The molecule has 4 rings (SSSR count). The van der Waals surface area contributed by atoms with Gasteiger partial charge < -0.3 is 10.2 Å². The fraction of sp³-hybridized carbons (Fsp3) is 0.412. The number of hydrogen-bond donors (Lipinski definition) is 2. The molecule has 3 heterocycles. The van der Waals surface area contributed by atoms with Gasteiger partial charge in [-0.05, 0) is 25.3 Å². The number of nitrogens with zero attached hydrogens (tertiary/aromatic N) is 2. The maximum atomic E-state index is 12.7. The summed E-state index contributed by atoms with van der Waals surface area (Å²) in [7, 11) is 0. The predicted molar refractivity (Wildman–Crippen MR) is 91.7 cm³/mol. The Kier molecular flexibility index (Phi) is 4.68. The Morgan fingerprint density at radius 3 is 2.74 bits per heavy atom. The lowest BCUT2D eigenvalue weighted by molar-refractivity contribution is 0.0742. The van der Waals surface area contributed by atoms with E-state index in [4.69, 9.17) is 0 Å². The van der Waals surface area contributed by atoms with Crippen LogP contribution in [0.15, 0.2) is 36.4 Å². The van der Waals surface area contributed by atoms with Gasteiger partial charge in [0.15, 0.2) is 0 Å². The van der Waals surface area contributed by atoms with Crippen molar-refractivity contribution in [3.8, 4) is 11.3 Å². The second kappa shape index (κ2) is 6.72. The van der Waals surface area contributed by atoms with Gasteiger partial charge in [-0.2, -0.15) is 5.10 Å². The number of amides is 1. The monoisotopic (exact) mass is 332 g/mol. The summed E-state index contributed by atoms with van der Waals surface area (Å²) in [6.07, 6.45) is 3.46. The lowest BCUT2D eigenvalue weighted by atomic mass is 10.1. The van der Waals surface area contributed by atoms with E-state index >= 15 is 0 Å². The van der Waals surface area contributed by atoms with E-state index in [-0.39, 0.29) is 18.3 Å². The van der Waals surface area contributed by atoms with Gasteiger partial charge in [-0.3, -0.25) is 9.89 Å². The van der Waals surface area contributed by atoms with Crippen LogP contribution in [0.1, 0.15) is 29.8 Å². The quantitative estimate of drug-likeness (QED) is 0.888. The first kappa shape index (κ1) is 16.0. The van der Waals surface area contributed by atoms with E-state index in [2.05, 4.69) is 15.5 Å². The Bertz CT molecular complexity index is 672. The van der Waals surface area contributed by atoms with Crippen LogP contribution in [0.3, 0.4) is 0 Å². The summed E-state index contributed by atoms with van der Waals surface area (Å²) >= 11 is 0. The van der Waals surface area contributed by atoms with E-state index in [0.717, 1.165) is 30.8 Å². The van der Waals surface area contributed by atoms with Crippen molar-refractivity contribution in [1.82, 2.24) is 20.4 Å². The molecule has 2 bridgehead atoms. The van der Waals surface area contributed by atoms with Crippen molar-refractivity contribution in [2.45, 2.75) is 31.3 Å². The Morgan fingerprint density at radius 1 is 1.13 bits per heavy atom. The van der Waals surface area contributed by atoms with Crippen molar-refractivity contribution in [3.05, 3.63) is 42.1 Å². The molecule has 122 valence electrons. The van der Waals surface area contributed by atoms with E-state index in [9.17, 15) is 4.79 Å². The van der Waals surface area contributed by atoms with Gasteiger partial charge in [0.25, 0.3) is 5.91 Å². The molecule has 6 heteroatoms. The summed E-state index contributed by atoms with van der Waals surface area (Å²) in [6.45, 7) is 1.63. The lowest BCUT2D eigenvalue weighted by Crippen LogP contribution is -2.39. The topological polar surface area (TPSA) is 61.0 Å². The number of carbonyl (C=O) groups excluding carboxylic acids is 1. The molecule has 2 aliphatic heterocycles. The highest BCUT2D eigenvalue weighted by Gasteiger charge is 2.31. The molecule has 2 unspecified atom stereocenters. The summed E-state index contributed by atoms with van der Waals surface area (Å²) < 4.78 is 0. The van der Waals surface area contributed by atoms with Crippen LogP contribution in [0, 0.1) is 0 Å². The summed E-state index contributed by atoms with van der Waals surface area (Å²) in [5.41, 5.74) is 2.42. The number of aromatic nitrogens is 2. The van der Waals surface area contributed by atoms with Gasteiger partial charge in [0, 0.05) is 30.7 Å². The van der Waals surface area contributed by atoms with Gasteiger partial charge in [0.1, 0.15) is 5.69 Å². The Morgan fingerprint density at radius 2 is 1.91 bits per heavy atom. The molecule has 2 saturated heterocycles. The number of likely N-dealkylation sites (tertiary alicyclic amines) is 1. The molecule has 5 nitrogen and oxygen atoms in total. The number of benzene rings is 1. The first-order chi connectivity index (χ1) is 10.8. The SMILES string of the molecule is Cl.O=C(c1cc(-c2ccccc2)n[nH]1)N1CCC2CCC(C1)N2. The van der Waals surface area contributed by atoms with Crippen molar-refractivity contribution >= 4 is 18.3 Å². The van der Waals surface area contributed by atoms with Crippen molar-refractivity contribution in [1.29, 1.82) is 0 Å². The molecule has 23 heavy (non-hydrogen) atoms. The molecule has 0 aliphatic carbocycles. The molecule has 2 aromatic rings. The average molecular weight is 333 g/mol. The minimum Gasteiger partial charge on any atom is -0.336 e. The number of hydrogen-bond acceptors (Lipinski definition) is 3. The molecule has 0 radical (unpaired) electrons. The van der Waals surface area contributed by atoms with Crippen LogP contribution in [-0.4, -0.2) is 46.2 Å². The zero-order valence-corrected chi connectivity index (χ0v) is 13.7. The maximum Gasteiger partial charge on any atom is 0.271 e. The number of carbonyl (C=O) groups is 1. The van der Waals surface area contributed by atoms with Gasteiger partial charge in [-0.1, -0.05) is 30.3 Å². The summed E-state index contributed by atoms with van der Waals surface area (Å²) in [6, 6.07) is 12.8. The molecule has 2 aliphatic rings. The van der Waals surface area contributed by atoms with Crippen LogP contribution in [0.25, 0.3) is 11.3 Å². The first-order valence-corrected chi connectivity index (χ1v) is 7.96. The Balaban J connectivity index is 0.00000156. The van der Waals surface area contributed by atoms with Crippen LogP contribution in [0.4, 0.5) is 0 Å². The van der Waals surface area contributed by atoms with Gasteiger partial charge in [0.2, 0.25) is 0 Å². The van der Waals surface area contributed by atoms with E-state index in [0.29, 0.717) is 17.8 Å². The Labute approximate surface area is 141 Å². The lowest BCUT2D eigenvalue weighted by Gasteiger charge is -2.23. The third kappa shape index (κ3) is 3.26. The van der Waals surface area contributed by atoms with Crippen molar-refractivity contribution in [2.75, 3.05) is 13.1 Å². The van der Waals surface area contributed by atoms with Gasteiger partial charge in [-0.25, -0.2) is 0 Å². The van der Waals surface area contributed by atoms with Crippen LogP contribution < -0.4 is 5.32 Å². The third-order valence-electron chi connectivity index (χ3n) is 4.69. The summed E-state index contributed by atoms with van der Waals surface area (Å²) in [5.74, 6) is 0.0593. The number of rotatable bonds is 2. The second-order valence-corrected chi connectivity index (χ2v) is 6.21. The zero-order chi connectivity index (χ0) is 14.9. The normalized spacial score (nSPS) is 23.2. The highest BCUT2D eigenvalue weighted by Crippen LogP contribution is 2.22. The van der Waals surface area contributed by atoms with Crippen molar-refractivity contribution in [2.24, 2.45) is 0 Å². The Hall–Kier alpha value is -1.85. The van der Waals surface area contributed by atoms with E-state index in [1.807, 2.05) is 41.3 Å². The molecule has 0 spiro atoms. The first-order valence-electron chi connectivity index (χ1n) is 7.96. The number of H-pyrrole nitrogens is 1. The summed E-state index contributed by atoms with van der Waals surface area (Å²) in [4.78, 5) is 14.7. The van der Waals surface area contributed by atoms with Crippen LogP contribution in [0.5, 0.6) is 0 Å². The number of aromatic amines is 1. The van der Waals surface area contributed by atoms with Crippen LogP contribution in [0.2, 0.25) is 0 Å². The van der Waals surface area contributed by atoms with E-state index in [1.54, 1.807) is 0 Å². The van der Waals surface area contributed by atoms with Crippen molar-refractivity contribution < 1.29 is 4.79 Å². The van der Waals surface area contributed by atoms with Crippen LogP contribution >= 0.6 is 12.4 Å². The highest BCUT2D eigenvalue weighted by molar-refractivity contribution is 5.93. The predicted octanol–water partition coefficient (Wildman–Crippen LogP) is 2.46. The number of nitrogens with one attached hydrogen (secondary N) is 2. The molecule has 2 atom stereocenters. The molecule has 2 fully saturated rings. The van der Waals surface area contributed by atoms with E-state index < -0.39 is 0 Å². The van der Waals surface area contributed by atoms with Crippen LogP contribution in [-0.2, 0) is 0 Å². The van der Waals surface area contributed by atoms with Gasteiger partial charge in [0.05, 0.1) is 5.69 Å². The number of halogens is 1. The standard InChI is InChI=1S/C17H20N4O.ClH/c22-17(21-9-8-13-6-7-14(11-21)18-13)16-10-15(19-20-16)12-4-2-1-3-5-12;/h1-5,10,13-14,18H,6-9,11H2,(H,19,20);1H. The average Bonchev–Trinajstić information content (AvgIpc) is 3.14. The highest BCUT2D eigenvalue weighted by atomic mass is 35.5. The zero-order valence-electron chi connectivity index (χ0n) is 12.9. The fourth-order valence-electron chi connectivity index (χ4n) is 3.49. The van der Waals surface area contributed by atoms with Gasteiger partial charge in [-0.15, -0.1) is 12.4 Å². The van der Waals surface area contributed by atoms with E-state index in [1.165, 1.54) is 12.8 Å². The fourth-order valence-corrected chi connectivity index (χ4v) is 3.49. The largest absolute Gasteiger partial charge is 0.336 e. The molecule has 1 amide bonds. The molecule has 0 saturated carbocycles. The smallest absolute Gasteiger partial charge is 0.271 e. The van der Waals surface area contributed by atoms with Gasteiger partial charge >= 0.3 is 0 Å². The summed E-state index contributed by atoms with van der Waals surface area (Å²) in [5, 5.41) is 10.8. The third-order valence-corrected chi connectivity index (χ3v) is 4.69. The molecular formula is C17H21ClN4O. The number of fused-ring (bicyclic) bond motifs is 2. The second-order valence-electron chi connectivity index (χ2n) is 6.21. The molecule has 2 N–H and O–H groups in total. The minimum absolute atomic E-state index is 0. The maximum absolute atomic E-state index is 12.7. The molecular weight excluding hydrogens is 312 g/mol. The van der Waals surface area contributed by atoms with Crippen molar-refractivity contribution in [3.63, 3.8) is 0 Å². The molecule has 1 aromatic carbocycles. The molecule has 1 aromatic heterocycles. The minimum atomic E-state index is 0.